The zero-order valence-corrected chi connectivity index (χ0v) is 12.3. The van der Waals surface area contributed by atoms with Gasteiger partial charge in [0.05, 0.1) is 11.9 Å². The average Bonchev–Trinajstić information content (AvgIpc) is 2.61. The number of piperidine rings is 1. The Balaban J connectivity index is 1.84. The van der Waals surface area contributed by atoms with Crippen LogP contribution in [0.1, 0.15) is 52.1 Å². The van der Waals surface area contributed by atoms with Crippen molar-refractivity contribution in [3.63, 3.8) is 0 Å². The molecule has 3 heterocycles. The molecule has 0 amide bonds. The van der Waals surface area contributed by atoms with Gasteiger partial charge in [0.2, 0.25) is 0 Å². The first-order valence-electron chi connectivity index (χ1n) is 7.45. The number of nitrogens with zero attached hydrogens (tertiary/aromatic N) is 2. The molecule has 0 spiro atoms. The number of pyridine rings is 1. The third-order valence-electron chi connectivity index (χ3n) is 4.58. The fourth-order valence-electron chi connectivity index (χ4n) is 3.62. The van der Waals surface area contributed by atoms with Crippen molar-refractivity contribution in [3.05, 3.63) is 24.0 Å². The normalized spacial score (nSPS) is 30.7. The summed E-state index contributed by atoms with van der Waals surface area (Å²) >= 11 is 0. The molecular formula is C16H25N3. The first kappa shape index (κ1) is 12.9. The van der Waals surface area contributed by atoms with Crippen LogP contribution >= 0.6 is 0 Å². The van der Waals surface area contributed by atoms with E-state index in [-0.39, 0.29) is 5.41 Å². The number of hydrogen-bond donors (Lipinski definition) is 1. The number of nitrogens with two attached hydrogens (primary N) is 1. The molecule has 3 heteroatoms. The summed E-state index contributed by atoms with van der Waals surface area (Å²) in [6, 6.07) is 6.10. The summed E-state index contributed by atoms with van der Waals surface area (Å²) in [5.41, 5.74) is 8.71. The Hall–Kier alpha value is -1.09. The van der Waals surface area contributed by atoms with Crippen LogP contribution in [0.2, 0.25) is 0 Å². The van der Waals surface area contributed by atoms with E-state index in [1.807, 2.05) is 0 Å². The topological polar surface area (TPSA) is 42.1 Å². The van der Waals surface area contributed by atoms with Gasteiger partial charge < -0.3 is 10.6 Å². The SMILES string of the molecule is CC(C)(C)c1ccc(N2C3CCC2CC(N)C3)cn1. The first-order chi connectivity index (χ1) is 8.95. The van der Waals surface area contributed by atoms with E-state index in [1.54, 1.807) is 0 Å². The van der Waals surface area contributed by atoms with E-state index in [1.165, 1.54) is 18.5 Å². The van der Waals surface area contributed by atoms with Gasteiger partial charge in [0, 0.05) is 29.2 Å². The predicted molar refractivity (Wildman–Crippen MR) is 79.4 cm³/mol. The highest BCUT2D eigenvalue weighted by atomic mass is 15.2. The molecule has 2 bridgehead atoms. The van der Waals surface area contributed by atoms with Gasteiger partial charge in [-0.25, -0.2) is 0 Å². The number of rotatable bonds is 1. The van der Waals surface area contributed by atoms with Crippen LogP contribution in [0.15, 0.2) is 18.3 Å². The van der Waals surface area contributed by atoms with E-state index >= 15 is 0 Å². The van der Waals surface area contributed by atoms with Crippen LogP contribution in [0.25, 0.3) is 0 Å². The van der Waals surface area contributed by atoms with E-state index in [0.717, 1.165) is 18.5 Å². The molecule has 2 saturated heterocycles. The summed E-state index contributed by atoms with van der Waals surface area (Å²) in [4.78, 5) is 7.24. The maximum atomic E-state index is 6.13. The highest BCUT2D eigenvalue weighted by Gasteiger charge is 2.39. The lowest BCUT2D eigenvalue weighted by molar-refractivity contribution is 0.414. The molecule has 0 saturated carbocycles. The number of anilines is 1. The second-order valence-corrected chi connectivity index (χ2v) is 7.18. The summed E-state index contributed by atoms with van der Waals surface area (Å²) in [6.45, 7) is 6.62. The Morgan fingerprint density at radius 3 is 2.26 bits per heavy atom. The molecule has 0 aliphatic carbocycles. The third kappa shape index (κ3) is 2.36. The van der Waals surface area contributed by atoms with Gasteiger partial charge in [-0.3, -0.25) is 4.98 Å². The fraction of sp³-hybridized carbons (Fsp3) is 0.688. The van der Waals surface area contributed by atoms with Gasteiger partial charge in [-0.05, 0) is 37.8 Å². The largest absolute Gasteiger partial charge is 0.364 e. The van der Waals surface area contributed by atoms with Crippen molar-refractivity contribution >= 4 is 5.69 Å². The van der Waals surface area contributed by atoms with E-state index in [2.05, 4.69) is 49.0 Å². The minimum atomic E-state index is 0.127. The van der Waals surface area contributed by atoms with Crippen LogP contribution < -0.4 is 10.6 Å². The Bertz CT molecular complexity index is 432. The zero-order chi connectivity index (χ0) is 13.6. The zero-order valence-electron chi connectivity index (χ0n) is 12.3. The second kappa shape index (κ2) is 4.48. The summed E-state index contributed by atoms with van der Waals surface area (Å²) in [7, 11) is 0. The molecular weight excluding hydrogens is 234 g/mol. The summed E-state index contributed by atoms with van der Waals surface area (Å²) < 4.78 is 0. The molecule has 3 rings (SSSR count). The third-order valence-corrected chi connectivity index (χ3v) is 4.58. The highest BCUT2D eigenvalue weighted by molar-refractivity contribution is 5.49. The maximum absolute atomic E-state index is 6.13. The Kier molecular flexibility index (Phi) is 3.05. The van der Waals surface area contributed by atoms with E-state index in [9.17, 15) is 0 Å². The molecule has 1 aromatic rings. The quantitative estimate of drug-likeness (QED) is 0.843. The number of hydrogen-bond acceptors (Lipinski definition) is 3. The Labute approximate surface area is 116 Å². The molecule has 19 heavy (non-hydrogen) atoms. The molecule has 0 radical (unpaired) electrons. The van der Waals surface area contributed by atoms with Crippen molar-refractivity contribution in [2.24, 2.45) is 5.73 Å². The number of aromatic nitrogens is 1. The lowest BCUT2D eigenvalue weighted by Crippen LogP contribution is -2.47. The molecule has 3 nitrogen and oxygen atoms in total. The number of fused-ring (bicyclic) bond motifs is 2. The lowest BCUT2D eigenvalue weighted by Gasteiger charge is -2.39. The van der Waals surface area contributed by atoms with Gasteiger partial charge in [0.25, 0.3) is 0 Å². The molecule has 0 aromatic carbocycles. The van der Waals surface area contributed by atoms with Crippen LogP contribution in [0.4, 0.5) is 5.69 Å². The van der Waals surface area contributed by atoms with Gasteiger partial charge >= 0.3 is 0 Å². The van der Waals surface area contributed by atoms with Crippen LogP contribution in [0.3, 0.4) is 0 Å². The van der Waals surface area contributed by atoms with E-state index < -0.39 is 0 Å². The highest BCUT2D eigenvalue weighted by Crippen LogP contribution is 2.38. The molecule has 2 fully saturated rings. The van der Waals surface area contributed by atoms with Crippen LogP contribution in [0.5, 0.6) is 0 Å². The average molecular weight is 259 g/mol. The van der Waals surface area contributed by atoms with Crippen molar-refractivity contribution in [2.45, 2.75) is 70.0 Å². The lowest BCUT2D eigenvalue weighted by atomic mass is 9.91. The van der Waals surface area contributed by atoms with Crippen LogP contribution in [-0.2, 0) is 5.41 Å². The van der Waals surface area contributed by atoms with Gasteiger partial charge in [0.1, 0.15) is 0 Å². The van der Waals surface area contributed by atoms with Gasteiger partial charge in [0.15, 0.2) is 0 Å². The van der Waals surface area contributed by atoms with E-state index in [0.29, 0.717) is 18.1 Å². The minimum absolute atomic E-state index is 0.127. The van der Waals surface area contributed by atoms with Crippen molar-refractivity contribution in [2.75, 3.05) is 4.90 Å². The van der Waals surface area contributed by atoms with Crippen molar-refractivity contribution in [1.82, 2.24) is 4.98 Å². The van der Waals surface area contributed by atoms with E-state index in [4.69, 9.17) is 5.73 Å². The molecule has 2 unspecified atom stereocenters. The first-order valence-corrected chi connectivity index (χ1v) is 7.45. The predicted octanol–water partition coefficient (Wildman–Crippen LogP) is 2.84. The summed E-state index contributed by atoms with van der Waals surface area (Å²) in [5.74, 6) is 0. The molecule has 2 aliphatic heterocycles. The van der Waals surface area contributed by atoms with Crippen molar-refractivity contribution < 1.29 is 0 Å². The molecule has 1 aromatic heterocycles. The van der Waals surface area contributed by atoms with Crippen LogP contribution in [-0.4, -0.2) is 23.1 Å². The van der Waals surface area contributed by atoms with Crippen LogP contribution in [0, 0.1) is 0 Å². The van der Waals surface area contributed by atoms with Gasteiger partial charge in [-0.1, -0.05) is 20.8 Å². The molecule has 2 atom stereocenters. The minimum Gasteiger partial charge on any atom is -0.364 e. The van der Waals surface area contributed by atoms with Gasteiger partial charge in [-0.15, -0.1) is 0 Å². The smallest absolute Gasteiger partial charge is 0.0558 e. The summed E-state index contributed by atoms with van der Waals surface area (Å²) in [6.07, 6.45) is 6.91. The second-order valence-electron chi connectivity index (χ2n) is 7.18. The maximum Gasteiger partial charge on any atom is 0.0558 e. The van der Waals surface area contributed by atoms with Crippen molar-refractivity contribution in [1.29, 1.82) is 0 Å². The molecule has 104 valence electrons. The molecule has 2 aliphatic rings. The Morgan fingerprint density at radius 2 is 1.79 bits per heavy atom. The Morgan fingerprint density at radius 1 is 1.16 bits per heavy atom. The monoisotopic (exact) mass is 259 g/mol. The standard InChI is InChI=1S/C16H25N3/c1-16(2,3)15-7-6-14(10-18-15)19-12-4-5-13(19)9-11(17)8-12/h6-7,10-13H,4-5,8-9,17H2,1-3H3. The summed E-state index contributed by atoms with van der Waals surface area (Å²) in [5, 5.41) is 0. The van der Waals surface area contributed by atoms with Crippen molar-refractivity contribution in [3.8, 4) is 0 Å². The molecule has 2 N–H and O–H groups in total. The van der Waals surface area contributed by atoms with Gasteiger partial charge in [-0.2, -0.15) is 0 Å². The fourth-order valence-corrected chi connectivity index (χ4v) is 3.62.